The Labute approximate surface area is 221 Å². The minimum atomic E-state index is -0.415. The van der Waals surface area contributed by atoms with Crippen LogP contribution in [0.1, 0.15) is 18.3 Å². The molecule has 0 amide bonds. The summed E-state index contributed by atoms with van der Waals surface area (Å²) in [6, 6.07) is 7.04. The summed E-state index contributed by atoms with van der Waals surface area (Å²) < 4.78 is 26.7. The van der Waals surface area contributed by atoms with Gasteiger partial charge in [0.05, 0.1) is 18.4 Å². The normalized spacial score (nSPS) is 17.1. The third kappa shape index (κ3) is 6.87. The number of aromatic amines is 2. The van der Waals surface area contributed by atoms with Crippen LogP contribution in [0.2, 0.25) is 0 Å². The first-order chi connectivity index (χ1) is 18.4. The largest absolute Gasteiger partial charge is 0.468 e. The number of halogens is 1. The molecule has 1 unspecified atom stereocenters. The van der Waals surface area contributed by atoms with Crippen LogP contribution in [0.15, 0.2) is 52.2 Å². The number of H-pyrrole nitrogens is 2. The number of aryl methyl sites for hydroxylation is 1. The van der Waals surface area contributed by atoms with Crippen LogP contribution in [0, 0.1) is 12.7 Å². The monoisotopic (exact) mass is 522 g/mol. The molecule has 4 rings (SSSR count). The van der Waals surface area contributed by atoms with Gasteiger partial charge in [-0.1, -0.05) is 6.08 Å². The maximum absolute atomic E-state index is 15.0. The standard InChI is InChI=1S/C27H35FN8O2/c1-6-7-19-13-25(34-33-19)32-24(29-3)14-26(36-10-11-37-20(16-36)15-35(4)5)30-17-38-23-9-8-22-21(27(23)28)12-18(2)31-22/h6-9,12-14,20,31H,3,10-11,15-17H2,1-2,4-5H3,(H2,32,33,34)/b7-6+,24-14+,30-26+. The number of benzene rings is 1. The maximum atomic E-state index is 15.0. The summed E-state index contributed by atoms with van der Waals surface area (Å²) in [5.74, 6) is 1.41. The van der Waals surface area contributed by atoms with E-state index in [1.165, 1.54) is 0 Å². The summed E-state index contributed by atoms with van der Waals surface area (Å²) in [5.41, 5.74) is 2.47. The van der Waals surface area contributed by atoms with Gasteiger partial charge in [0.15, 0.2) is 24.1 Å². The van der Waals surface area contributed by atoms with Gasteiger partial charge in [-0.25, -0.2) is 14.4 Å². The fourth-order valence-electron chi connectivity index (χ4n) is 4.29. The molecular weight excluding hydrogens is 487 g/mol. The number of hydrogen-bond donors (Lipinski definition) is 3. The SMILES string of the molecule is C=N/C(=C\C(=N/COc1ccc2[nH]c(C)cc2c1F)N1CCOC(CN(C)C)C1)Nc1cc(/C=C/C)[nH]n1. The lowest BCUT2D eigenvalue weighted by molar-refractivity contribution is -0.0170. The summed E-state index contributed by atoms with van der Waals surface area (Å²) >= 11 is 0. The molecule has 0 aliphatic carbocycles. The molecule has 1 aliphatic heterocycles. The summed E-state index contributed by atoms with van der Waals surface area (Å²) in [4.78, 5) is 16.1. The summed E-state index contributed by atoms with van der Waals surface area (Å²) in [7, 11) is 4.02. The van der Waals surface area contributed by atoms with Crippen molar-refractivity contribution in [2.45, 2.75) is 20.0 Å². The van der Waals surface area contributed by atoms with E-state index < -0.39 is 5.82 Å². The van der Waals surface area contributed by atoms with Crippen LogP contribution in [0.5, 0.6) is 5.75 Å². The van der Waals surface area contributed by atoms with Gasteiger partial charge in [-0.3, -0.25) is 5.10 Å². The van der Waals surface area contributed by atoms with Crippen LogP contribution in [0.3, 0.4) is 0 Å². The lowest BCUT2D eigenvalue weighted by atomic mass is 10.2. The Hall–Kier alpha value is -3.96. The van der Waals surface area contributed by atoms with E-state index in [9.17, 15) is 0 Å². The minimum absolute atomic E-state index is 0.0118. The third-order valence-corrected chi connectivity index (χ3v) is 5.95. The number of ether oxygens (including phenoxy) is 2. The Morgan fingerprint density at radius 3 is 3.00 bits per heavy atom. The van der Waals surface area contributed by atoms with Crippen LogP contribution in [0.25, 0.3) is 17.0 Å². The van der Waals surface area contributed by atoms with Gasteiger partial charge in [0.1, 0.15) is 11.7 Å². The van der Waals surface area contributed by atoms with Crippen molar-refractivity contribution in [3.05, 3.63) is 59.4 Å². The number of likely N-dealkylation sites (N-methyl/N-ethyl adjacent to an activating group) is 1. The van der Waals surface area contributed by atoms with Crippen molar-refractivity contribution >= 4 is 35.3 Å². The molecule has 3 heterocycles. The molecule has 1 atom stereocenters. The van der Waals surface area contributed by atoms with Crippen LogP contribution >= 0.6 is 0 Å². The van der Waals surface area contributed by atoms with Gasteiger partial charge in [-0.2, -0.15) is 5.10 Å². The molecule has 202 valence electrons. The smallest absolute Gasteiger partial charge is 0.181 e. The number of nitrogens with zero attached hydrogens (tertiary/aromatic N) is 5. The van der Waals surface area contributed by atoms with E-state index in [-0.39, 0.29) is 18.6 Å². The molecule has 3 N–H and O–H groups in total. The van der Waals surface area contributed by atoms with Crippen LogP contribution in [-0.4, -0.2) is 90.7 Å². The van der Waals surface area contributed by atoms with Gasteiger partial charge >= 0.3 is 0 Å². The number of hydrogen-bond acceptors (Lipinski definition) is 7. The second-order valence-electron chi connectivity index (χ2n) is 9.30. The average molecular weight is 523 g/mol. The number of morpholine rings is 1. The van der Waals surface area contributed by atoms with E-state index >= 15 is 4.39 Å². The van der Waals surface area contributed by atoms with E-state index in [0.717, 1.165) is 23.4 Å². The zero-order valence-corrected chi connectivity index (χ0v) is 22.3. The zero-order chi connectivity index (χ0) is 27.1. The molecule has 0 saturated carbocycles. The van der Waals surface area contributed by atoms with Gasteiger partial charge in [-0.15, -0.1) is 0 Å². The number of rotatable bonds is 10. The fraction of sp³-hybridized carbons (Fsp3) is 0.370. The number of aliphatic imine (C=N–C) groups is 2. The highest BCUT2D eigenvalue weighted by molar-refractivity contribution is 5.94. The molecule has 1 aromatic carbocycles. The average Bonchev–Trinajstić information content (AvgIpc) is 3.50. The number of nitrogens with one attached hydrogen (secondary N) is 3. The first kappa shape index (κ1) is 27.1. The first-order valence-corrected chi connectivity index (χ1v) is 12.5. The molecule has 2 aromatic heterocycles. The number of allylic oxidation sites excluding steroid dienone is 1. The van der Waals surface area contributed by atoms with E-state index in [2.05, 4.69) is 47.0 Å². The number of fused-ring (bicyclic) bond motifs is 1. The molecule has 1 saturated heterocycles. The highest BCUT2D eigenvalue weighted by atomic mass is 19.1. The van der Waals surface area contributed by atoms with Gasteiger partial charge in [0.25, 0.3) is 0 Å². The molecule has 1 aliphatic rings. The first-order valence-electron chi connectivity index (χ1n) is 12.5. The van der Waals surface area contributed by atoms with Crippen molar-refractivity contribution in [1.29, 1.82) is 0 Å². The van der Waals surface area contributed by atoms with Crippen LogP contribution in [-0.2, 0) is 4.74 Å². The van der Waals surface area contributed by atoms with E-state index in [1.54, 1.807) is 24.3 Å². The van der Waals surface area contributed by atoms with Crippen molar-refractivity contribution in [3.63, 3.8) is 0 Å². The Morgan fingerprint density at radius 1 is 1.39 bits per heavy atom. The molecule has 1 fully saturated rings. The Kier molecular flexibility index (Phi) is 8.93. The van der Waals surface area contributed by atoms with Crippen molar-refractivity contribution in [3.8, 4) is 5.75 Å². The van der Waals surface area contributed by atoms with Crippen molar-refractivity contribution in [1.82, 2.24) is 25.0 Å². The Morgan fingerprint density at radius 2 is 2.24 bits per heavy atom. The van der Waals surface area contributed by atoms with Gasteiger partial charge in [0.2, 0.25) is 0 Å². The molecule has 11 heteroatoms. The minimum Gasteiger partial charge on any atom is -0.468 e. The number of anilines is 1. The number of aromatic nitrogens is 3. The third-order valence-electron chi connectivity index (χ3n) is 5.95. The van der Waals surface area contributed by atoms with Gasteiger partial charge < -0.3 is 29.6 Å². The molecular formula is C27H35FN8O2. The van der Waals surface area contributed by atoms with E-state index in [4.69, 9.17) is 9.47 Å². The Balaban J connectivity index is 1.57. The second kappa shape index (κ2) is 12.5. The van der Waals surface area contributed by atoms with E-state index in [0.29, 0.717) is 42.6 Å². The Bertz CT molecular complexity index is 1340. The van der Waals surface area contributed by atoms with Crippen LogP contribution in [0.4, 0.5) is 10.2 Å². The van der Waals surface area contributed by atoms with Crippen molar-refractivity contribution in [2.75, 3.05) is 52.4 Å². The lowest BCUT2D eigenvalue weighted by Gasteiger charge is -2.35. The zero-order valence-electron chi connectivity index (χ0n) is 22.3. The van der Waals surface area contributed by atoms with Crippen molar-refractivity contribution in [2.24, 2.45) is 9.98 Å². The molecule has 0 bridgehead atoms. The molecule has 0 spiro atoms. The predicted molar refractivity (Wildman–Crippen MR) is 150 cm³/mol. The van der Waals surface area contributed by atoms with E-state index in [1.807, 2.05) is 46.2 Å². The van der Waals surface area contributed by atoms with Crippen LogP contribution < -0.4 is 10.1 Å². The molecule has 3 aromatic rings. The quantitative estimate of drug-likeness (QED) is 0.274. The maximum Gasteiger partial charge on any atom is 0.181 e. The molecule has 10 nitrogen and oxygen atoms in total. The lowest BCUT2D eigenvalue weighted by Crippen LogP contribution is -2.48. The van der Waals surface area contributed by atoms with Gasteiger partial charge in [-0.05, 0) is 58.9 Å². The fourth-order valence-corrected chi connectivity index (χ4v) is 4.29. The molecule has 38 heavy (non-hydrogen) atoms. The predicted octanol–water partition coefficient (Wildman–Crippen LogP) is 4.02. The summed E-state index contributed by atoms with van der Waals surface area (Å²) in [6.07, 6.45) is 5.63. The second-order valence-corrected chi connectivity index (χ2v) is 9.30. The van der Waals surface area contributed by atoms with Gasteiger partial charge in [0, 0.05) is 48.4 Å². The molecule has 0 radical (unpaired) electrons. The highest BCUT2D eigenvalue weighted by Crippen LogP contribution is 2.27. The topological polar surface area (TPSA) is 106 Å². The summed E-state index contributed by atoms with van der Waals surface area (Å²) in [6.45, 7) is 10.1. The van der Waals surface area contributed by atoms with Crippen molar-refractivity contribution < 1.29 is 13.9 Å². The summed E-state index contributed by atoms with van der Waals surface area (Å²) in [5, 5.41) is 10.9. The highest BCUT2D eigenvalue weighted by Gasteiger charge is 2.23. The number of amidine groups is 1.